The summed E-state index contributed by atoms with van der Waals surface area (Å²) in [4.78, 5) is 0. The maximum absolute atomic E-state index is 3.76. The van der Waals surface area contributed by atoms with Gasteiger partial charge in [0, 0.05) is 47.5 Å². The van der Waals surface area contributed by atoms with Gasteiger partial charge in [-0.05, 0) is 28.2 Å². The normalized spacial score (nSPS) is 11.2. The summed E-state index contributed by atoms with van der Waals surface area (Å²) < 4.78 is 4.77. The van der Waals surface area contributed by atoms with Crippen LogP contribution in [0.1, 0.15) is 0 Å². The van der Waals surface area contributed by atoms with Crippen molar-refractivity contribution in [1.82, 2.24) is 4.57 Å². The Morgan fingerprint density at radius 2 is 1.07 bits per heavy atom. The number of aromatic nitrogens is 1. The Morgan fingerprint density at radius 3 is 1.83 bits per heavy atom. The molecular formula is C38H23NSY-2. The predicted octanol–water partition coefficient (Wildman–Crippen LogP) is 10.6. The number of benzene rings is 6. The van der Waals surface area contributed by atoms with Gasteiger partial charge in [0.25, 0.3) is 0 Å². The zero-order chi connectivity index (χ0) is 26.5. The quantitative estimate of drug-likeness (QED) is 0.174. The van der Waals surface area contributed by atoms with E-state index in [9.17, 15) is 0 Å². The van der Waals surface area contributed by atoms with Gasteiger partial charge in [-0.1, -0.05) is 143 Å². The summed E-state index contributed by atoms with van der Waals surface area (Å²) in [5.74, 6) is 0. The van der Waals surface area contributed by atoms with Crippen molar-refractivity contribution in [3.05, 3.63) is 152 Å². The van der Waals surface area contributed by atoms with Crippen molar-refractivity contribution in [3.63, 3.8) is 0 Å². The van der Waals surface area contributed by atoms with Crippen molar-refractivity contribution in [2.45, 2.75) is 0 Å². The molecule has 0 aliphatic heterocycles. The molecule has 2 aromatic heterocycles. The molecule has 8 rings (SSSR count). The maximum Gasteiger partial charge on any atom is 0.0425 e. The van der Waals surface area contributed by atoms with E-state index in [1.165, 1.54) is 42.2 Å². The van der Waals surface area contributed by atoms with Gasteiger partial charge in [0.1, 0.15) is 0 Å². The van der Waals surface area contributed by atoms with E-state index >= 15 is 0 Å². The van der Waals surface area contributed by atoms with E-state index in [1.54, 1.807) is 0 Å². The third-order valence-electron chi connectivity index (χ3n) is 7.62. The van der Waals surface area contributed by atoms with Crippen molar-refractivity contribution in [1.29, 1.82) is 0 Å². The Hall–Kier alpha value is -3.82. The molecule has 0 aliphatic carbocycles. The monoisotopic (exact) mass is 614 g/mol. The van der Waals surface area contributed by atoms with Crippen molar-refractivity contribution in [3.8, 4) is 39.1 Å². The van der Waals surface area contributed by atoms with Crippen LogP contribution in [0.3, 0.4) is 0 Å². The molecule has 0 amide bonds. The van der Waals surface area contributed by atoms with E-state index < -0.39 is 0 Å². The van der Waals surface area contributed by atoms with Crippen LogP contribution in [0, 0.1) is 12.3 Å². The topological polar surface area (TPSA) is 4.93 Å². The summed E-state index contributed by atoms with van der Waals surface area (Å²) in [5, 5.41) is 3.78. The summed E-state index contributed by atoms with van der Waals surface area (Å²) in [7, 11) is 0. The maximum atomic E-state index is 3.76. The molecule has 1 radical (unpaired) electrons. The molecule has 0 bridgehead atoms. The van der Waals surface area contributed by atoms with Crippen LogP contribution in [0.5, 0.6) is 0 Å². The smallest absolute Gasteiger partial charge is 0.0425 e. The Balaban J connectivity index is 0.00000276. The molecule has 41 heavy (non-hydrogen) atoms. The van der Waals surface area contributed by atoms with Gasteiger partial charge in [-0.3, -0.25) is 0 Å². The molecule has 0 spiro atoms. The van der Waals surface area contributed by atoms with E-state index in [0.29, 0.717) is 0 Å². The second-order valence-corrected chi connectivity index (χ2v) is 11.0. The molecule has 0 saturated carbocycles. The van der Waals surface area contributed by atoms with Gasteiger partial charge in [-0.2, -0.15) is 18.2 Å². The molecule has 0 N–H and O–H groups in total. The van der Waals surface area contributed by atoms with Crippen LogP contribution in [0.25, 0.3) is 70.1 Å². The Bertz CT molecular complexity index is 2160. The standard InChI is InChI=1S/C38H23NS.Y/c1-3-12-26(13-4-1)30-19-10-21-33-34-22-11-20-31(38(34)40-37(30)33)28-16-9-17-29(24-28)39-25-35(27-14-5-2-6-15-27)32-18-7-8-23-36(32)39;/h1-23H;/q-2;. The van der Waals surface area contributed by atoms with Gasteiger partial charge in [-0.15, -0.1) is 28.7 Å². The molecule has 2 heterocycles. The number of para-hydroxylation sites is 1. The predicted molar refractivity (Wildman–Crippen MR) is 170 cm³/mol. The minimum atomic E-state index is 0. The Kier molecular flexibility index (Phi) is 6.92. The van der Waals surface area contributed by atoms with Gasteiger partial charge in [0.05, 0.1) is 0 Å². The van der Waals surface area contributed by atoms with Crippen LogP contribution in [0.15, 0.2) is 140 Å². The minimum Gasteiger partial charge on any atom is -0.433 e. The third-order valence-corrected chi connectivity index (χ3v) is 8.91. The first-order valence-corrected chi connectivity index (χ1v) is 14.3. The van der Waals surface area contributed by atoms with E-state index in [0.717, 1.165) is 27.9 Å². The first kappa shape index (κ1) is 26.1. The van der Waals surface area contributed by atoms with Gasteiger partial charge in [0.15, 0.2) is 0 Å². The molecule has 1 nitrogen and oxygen atoms in total. The van der Waals surface area contributed by atoms with Crippen LogP contribution >= 0.6 is 11.3 Å². The first-order chi connectivity index (χ1) is 19.8. The number of hydrogen-bond acceptors (Lipinski definition) is 1. The molecule has 8 aromatic rings. The summed E-state index contributed by atoms with van der Waals surface area (Å²) in [6.07, 6.45) is 3.67. The molecule has 0 saturated heterocycles. The molecule has 0 atom stereocenters. The second-order valence-electron chi connectivity index (χ2n) is 9.99. The number of fused-ring (bicyclic) bond motifs is 4. The minimum absolute atomic E-state index is 0. The number of nitrogens with zero attached hydrogens (tertiary/aromatic N) is 1. The fourth-order valence-corrected chi connectivity index (χ4v) is 7.11. The fraction of sp³-hybridized carbons (Fsp3) is 0. The summed E-state index contributed by atoms with van der Waals surface area (Å²) in [6, 6.07) is 53.2. The summed E-state index contributed by atoms with van der Waals surface area (Å²) in [5.41, 5.74) is 9.21. The van der Waals surface area contributed by atoms with Gasteiger partial charge in [0.2, 0.25) is 0 Å². The van der Waals surface area contributed by atoms with Crippen molar-refractivity contribution in [2.75, 3.05) is 0 Å². The molecule has 3 heteroatoms. The number of rotatable bonds is 4. The van der Waals surface area contributed by atoms with Crippen molar-refractivity contribution >= 4 is 42.4 Å². The van der Waals surface area contributed by atoms with Crippen LogP contribution < -0.4 is 0 Å². The van der Waals surface area contributed by atoms with Crippen molar-refractivity contribution < 1.29 is 32.7 Å². The van der Waals surface area contributed by atoms with Gasteiger partial charge in [-0.25, -0.2) is 0 Å². The number of hydrogen-bond donors (Lipinski definition) is 0. The second kappa shape index (κ2) is 10.9. The van der Waals surface area contributed by atoms with Gasteiger partial charge < -0.3 is 4.57 Å². The van der Waals surface area contributed by atoms with Crippen LogP contribution in [-0.4, -0.2) is 4.57 Å². The van der Waals surface area contributed by atoms with E-state index in [1.807, 2.05) is 11.3 Å². The molecule has 191 valence electrons. The number of thiophene rings is 1. The molecule has 0 unspecified atom stereocenters. The summed E-state index contributed by atoms with van der Waals surface area (Å²) >= 11 is 1.88. The first-order valence-electron chi connectivity index (χ1n) is 13.5. The van der Waals surface area contributed by atoms with Crippen molar-refractivity contribution in [2.24, 2.45) is 0 Å². The molecule has 6 aromatic carbocycles. The largest absolute Gasteiger partial charge is 0.433 e. The Labute approximate surface area is 268 Å². The van der Waals surface area contributed by atoms with Crippen LogP contribution in [0.2, 0.25) is 0 Å². The van der Waals surface area contributed by atoms with Crippen LogP contribution in [-0.2, 0) is 32.7 Å². The van der Waals surface area contributed by atoms with E-state index in [2.05, 4.69) is 156 Å². The fourth-order valence-electron chi connectivity index (χ4n) is 5.75. The molecular weight excluding hydrogens is 591 g/mol. The average molecular weight is 615 g/mol. The zero-order valence-electron chi connectivity index (χ0n) is 22.2. The third kappa shape index (κ3) is 4.48. The zero-order valence-corrected chi connectivity index (χ0v) is 25.9. The van der Waals surface area contributed by atoms with E-state index in [4.69, 9.17) is 0 Å². The summed E-state index contributed by atoms with van der Waals surface area (Å²) in [6.45, 7) is 0. The van der Waals surface area contributed by atoms with Gasteiger partial charge >= 0.3 is 0 Å². The average Bonchev–Trinajstić information content (AvgIpc) is 3.61. The van der Waals surface area contributed by atoms with E-state index in [-0.39, 0.29) is 32.7 Å². The molecule has 0 fully saturated rings. The SMILES string of the molecule is [Y].[c-]1c(-c2cccc3c2sc2c(-c4ccccc4)cccc23)cccc1-n1[c-]c(-c2ccccc2)c2ccccc21. The Morgan fingerprint density at radius 1 is 0.488 bits per heavy atom. The molecule has 0 aliphatic rings. The van der Waals surface area contributed by atoms with Crippen LogP contribution in [0.4, 0.5) is 0 Å².